The van der Waals surface area contributed by atoms with Crippen molar-refractivity contribution in [3.8, 4) is 0 Å². The van der Waals surface area contributed by atoms with Gasteiger partial charge in [0, 0.05) is 6.21 Å². The van der Waals surface area contributed by atoms with Gasteiger partial charge in [-0.25, -0.2) is 0 Å². The Morgan fingerprint density at radius 2 is 2.67 bits per heavy atom. The van der Waals surface area contributed by atoms with Gasteiger partial charge in [0.15, 0.2) is 0 Å². The molecule has 1 atom stereocenters. The zero-order chi connectivity index (χ0) is 4.83. The molecule has 0 fully saturated rings. The van der Waals surface area contributed by atoms with Crippen LogP contribution in [-0.2, 0) is 0 Å². The second-order valence-corrected chi connectivity index (χ2v) is 1.16. The molecule has 6 heavy (non-hydrogen) atoms. The van der Waals surface area contributed by atoms with E-state index in [2.05, 4.69) is 10.3 Å². The SMILES string of the molecule is C/C=N\NPN. The molecular weight excluding hydrogens is 97.0 g/mol. The number of nitrogens with two attached hydrogens (primary N) is 1. The molecule has 0 aromatic heterocycles. The average Bonchev–Trinajstić information content (AvgIpc) is 1.61. The molecule has 36 valence electrons. The molecule has 0 saturated heterocycles. The van der Waals surface area contributed by atoms with Crippen molar-refractivity contribution < 1.29 is 0 Å². The van der Waals surface area contributed by atoms with E-state index in [4.69, 9.17) is 5.50 Å². The molecule has 3 nitrogen and oxygen atoms in total. The highest BCUT2D eigenvalue weighted by Gasteiger charge is 1.57. The van der Waals surface area contributed by atoms with Crippen molar-refractivity contribution in [2.45, 2.75) is 6.92 Å². The van der Waals surface area contributed by atoms with Gasteiger partial charge in [-0.3, -0.25) is 10.7 Å². The Morgan fingerprint density at radius 1 is 2.00 bits per heavy atom. The molecule has 3 N–H and O–H groups in total. The lowest BCUT2D eigenvalue weighted by molar-refractivity contribution is 1.11. The summed E-state index contributed by atoms with van der Waals surface area (Å²) in [7, 11) is 0.217. The van der Waals surface area contributed by atoms with Crippen molar-refractivity contribution in [3.63, 3.8) is 0 Å². The lowest BCUT2D eigenvalue weighted by atomic mass is 10.9. The van der Waals surface area contributed by atoms with Gasteiger partial charge in [-0.2, -0.15) is 5.10 Å². The van der Waals surface area contributed by atoms with Gasteiger partial charge in [-0.1, -0.05) is 0 Å². The topological polar surface area (TPSA) is 50.4 Å². The second kappa shape index (κ2) is 4.86. The molecule has 0 amide bonds. The van der Waals surface area contributed by atoms with E-state index >= 15 is 0 Å². The third-order valence-corrected chi connectivity index (χ3v) is 0.516. The highest BCUT2D eigenvalue weighted by molar-refractivity contribution is 7.32. The van der Waals surface area contributed by atoms with Gasteiger partial charge in [-0.05, 0) is 6.92 Å². The molecule has 0 spiro atoms. The number of hydrogen-bond donors (Lipinski definition) is 2. The van der Waals surface area contributed by atoms with Gasteiger partial charge in [0.2, 0.25) is 0 Å². The predicted molar refractivity (Wildman–Crippen MR) is 29.8 cm³/mol. The van der Waals surface area contributed by atoms with Crippen LogP contribution >= 0.6 is 8.88 Å². The smallest absolute Gasteiger partial charge is 0.0612 e. The zero-order valence-corrected chi connectivity index (χ0v) is 4.60. The van der Waals surface area contributed by atoms with E-state index in [1.165, 1.54) is 0 Å². The molecule has 0 bridgehead atoms. The molecule has 0 heterocycles. The second-order valence-electron chi connectivity index (χ2n) is 0.643. The number of hydrazone groups is 1. The summed E-state index contributed by atoms with van der Waals surface area (Å²) < 4.78 is 0. The Kier molecular flexibility index (Phi) is 4.75. The molecule has 0 saturated carbocycles. The zero-order valence-electron chi connectivity index (χ0n) is 3.60. The molecule has 0 aromatic rings. The van der Waals surface area contributed by atoms with Crippen LogP contribution in [0.2, 0.25) is 0 Å². The van der Waals surface area contributed by atoms with E-state index < -0.39 is 0 Å². The van der Waals surface area contributed by atoms with Crippen LogP contribution in [0.15, 0.2) is 5.10 Å². The molecule has 0 aliphatic carbocycles. The van der Waals surface area contributed by atoms with Crippen LogP contribution in [0.5, 0.6) is 0 Å². The van der Waals surface area contributed by atoms with Crippen LogP contribution in [0.25, 0.3) is 0 Å². The maximum Gasteiger partial charge on any atom is 0.0612 e. The maximum atomic E-state index is 5.02. The third-order valence-electron chi connectivity index (χ3n) is 0.258. The molecule has 4 heteroatoms. The predicted octanol–water partition coefficient (Wildman–Crippen LogP) is 0.0489. The van der Waals surface area contributed by atoms with Gasteiger partial charge in [-0.15, -0.1) is 0 Å². The minimum Gasteiger partial charge on any atom is -0.294 e. The molecule has 0 rings (SSSR count). The molecule has 0 radical (unpaired) electrons. The van der Waals surface area contributed by atoms with Crippen molar-refractivity contribution in [3.05, 3.63) is 0 Å². The first-order chi connectivity index (χ1) is 2.91. The fourth-order valence-electron chi connectivity index (χ4n) is 0.102. The third kappa shape index (κ3) is 3.86. The number of hydrogen-bond acceptors (Lipinski definition) is 3. The Morgan fingerprint density at radius 3 is 2.83 bits per heavy atom. The summed E-state index contributed by atoms with van der Waals surface area (Å²) in [6, 6.07) is 0. The first-order valence-corrected chi connectivity index (χ1v) is 2.68. The first-order valence-electron chi connectivity index (χ1n) is 1.60. The van der Waals surface area contributed by atoms with E-state index in [0.29, 0.717) is 0 Å². The first kappa shape index (κ1) is 5.86. The van der Waals surface area contributed by atoms with Gasteiger partial charge in [0.1, 0.15) is 0 Å². The highest BCUT2D eigenvalue weighted by atomic mass is 31.1. The lowest BCUT2D eigenvalue weighted by Crippen LogP contribution is -1.91. The summed E-state index contributed by atoms with van der Waals surface area (Å²) in [5.74, 6) is 0. The molecule has 1 unspecified atom stereocenters. The minimum absolute atomic E-state index is 0.217. The molecule has 0 aliphatic rings. The summed E-state index contributed by atoms with van der Waals surface area (Å²) in [4.78, 5) is 0. The van der Waals surface area contributed by atoms with Crippen LogP contribution < -0.4 is 10.7 Å². The van der Waals surface area contributed by atoms with E-state index in [0.717, 1.165) is 0 Å². The van der Waals surface area contributed by atoms with Gasteiger partial charge >= 0.3 is 0 Å². The normalized spacial score (nSPS) is 11.7. The minimum atomic E-state index is 0.217. The summed E-state index contributed by atoms with van der Waals surface area (Å²) in [6.45, 7) is 1.83. The Balaban J connectivity index is 2.66. The van der Waals surface area contributed by atoms with Crippen LogP contribution in [0.1, 0.15) is 6.92 Å². The van der Waals surface area contributed by atoms with Crippen molar-refractivity contribution in [1.82, 2.24) is 5.20 Å². The van der Waals surface area contributed by atoms with Crippen molar-refractivity contribution in [2.24, 2.45) is 10.6 Å². The Bertz CT molecular complexity index is 44.1. The van der Waals surface area contributed by atoms with E-state index in [9.17, 15) is 0 Å². The van der Waals surface area contributed by atoms with Gasteiger partial charge in [0.05, 0.1) is 8.88 Å². The Hall–Kier alpha value is -0.140. The average molecular weight is 105 g/mol. The van der Waals surface area contributed by atoms with E-state index in [1.54, 1.807) is 6.21 Å². The van der Waals surface area contributed by atoms with Crippen molar-refractivity contribution in [2.75, 3.05) is 0 Å². The highest BCUT2D eigenvalue weighted by Crippen LogP contribution is 1.80. The summed E-state index contributed by atoms with van der Waals surface area (Å²) in [5, 5.41) is 6.18. The molecular formula is C2H8N3P. The Labute approximate surface area is 38.9 Å². The van der Waals surface area contributed by atoms with Crippen LogP contribution in [0, 0.1) is 0 Å². The fourth-order valence-corrected chi connectivity index (χ4v) is 0.305. The number of nitrogens with zero attached hydrogens (tertiary/aromatic N) is 1. The summed E-state index contributed by atoms with van der Waals surface area (Å²) in [6.07, 6.45) is 1.65. The van der Waals surface area contributed by atoms with Crippen LogP contribution in [0.3, 0.4) is 0 Å². The maximum absolute atomic E-state index is 5.02. The van der Waals surface area contributed by atoms with Crippen LogP contribution in [0.4, 0.5) is 0 Å². The van der Waals surface area contributed by atoms with Gasteiger partial charge in [0.25, 0.3) is 0 Å². The van der Waals surface area contributed by atoms with Crippen molar-refractivity contribution in [1.29, 1.82) is 0 Å². The quantitative estimate of drug-likeness (QED) is 0.296. The van der Waals surface area contributed by atoms with Gasteiger partial charge < -0.3 is 0 Å². The largest absolute Gasteiger partial charge is 0.294 e. The molecule has 0 aromatic carbocycles. The van der Waals surface area contributed by atoms with E-state index in [-0.39, 0.29) is 8.88 Å². The number of nitrogens with one attached hydrogen (secondary N) is 1. The standard InChI is InChI=1S/C2H8N3P/c1-2-4-5-6-3/h2,5-6H,3H2,1H3/b4-2-. The van der Waals surface area contributed by atoms with Crippen LogP contribution in [-0.4, -0.2) is 6.21 Å². The van der Waals surface area contributed by atoms with Crippen molar-refractivity contribution >= 4 is 15.1 Å². The summed E-state index contributed by atoms with van der Waals surface area (Å²) in [5.41, 5.74) is 5.02. The lowest BCUT2D eigenvalue weighted by Gasteiger charge is -1.85. The molecule has 0 aliphatic heterocycles. The fraction of sp³-hybridized carbons (Fsp3) is 0.500. The van der Waals surface area contributed by atoms with E-state index in [1.807, 2.05) is 6.92 Å². The summed E-state index contributed by atoms with van der Waals surface area (Å²) >= 11 is 0. The number of rotatable bonds is 2. The monoisotopic (exact) mass is 105 g/mol.